The average Bonchev–Trinajstić information content (AvgIpc) is 2.52. The molecule has 0 bridgehead atoms. The largest absolute Gasteiger partial charge is 0.415 e. The van der Waals surface area contributed by atoms with Crippen molar-refractivity contribution in [2.45, 2.75) is 19.6 Å². The summed E-state index contributed by atoms with van der Waals surface area (Å²) >= 11 is 0. The van der Waals surface area contributed by atoms with Crippen LogP contribution in [-0.2, 0) is 32.8 Å². The first-order valence-corrected chi connectivity index (χ1v) is 12.0. The Morgan fingerprint density at radius 1 is 0.458 bits per heavy atom. The predicted molar refractivity (Wildman–Crippen MR) is 95.3 cm³/mol. The minimum absolute atomic E-state index is 0.561. The van der Waals surface area contributed by atoms with E-state index in [0.29, 0.717) is 79.3 Å². The Balaban J connectivity index is 3.00. The molecule has 0 aromatic heterocycles. The first-order valence-electron chi connectivity index (χ1n) is 8.58. The van der Waals surface area contributed by atoms with Crippen LogP contribution in [0.5, 0.6) is 0 Å². The van der Waals surface area contributed by atoms with E-state index in [1.807, 2.05) is 0 Å². The molecular formula is C16H36O7Si. The third-order valence-electron chi connectivity index (χ3n) is 2.68. The smallest absolute Gasteiger partial charge is 0.183 e. The van der Waals surface area contributed by atoms with E-state index in [0.717, 1.165) is 0 Å². The van der Waals surface area contributed by atoms with Gasteiger partial charge in [0.25, 0.3) is 0 Å². The minimum Gasteiger partial charge on any atom is -0.415 e. The third kappa shape index (κ3) is 21.9. The van der Waals surface area contributed by atoms with Gasteiger partial charge in [-0.25, -0.2) is 0 Å². The van der Waals surface area contributed by atoms with E-state index in [1.165, 1.54) is 0 Å². The summed E-state index contributed by atoms with van der Waals surface area (Å²) in [5.41, 5.74) is 0. The van der Waals surface area contributed by atoms with Crippen LogP contribution in [0.1, 0.15) is 0 Å². The van der Waals surface area contributed by atoms with Crippen molar-refractivity contribution in [1.82, 2.24) is 0 Å². The van der Waals surface area contributed by atoms with E-state index < -0.39 is 8.32 Å². The van der Waals surface area contributed by atoms with Gasteiger partial charge in [0.05, 0.1) is 79.3 Å². The number of methoxy groups -OCH3 is 1. The summed E-state index contributed by atoms with van der Waals surface area (Å²) < 4.78 is 37.4. The van der Waals surface area contributed by atoms with Gasteiger partial charge in [0.2, 0.25) is 0 Å². The van der Waals surface area contributed by atoms with Gasteiger partial charge in [-0.2, -0.15) is 0 Å². The molecule has 0 fully saturated rings. The Bertz CT molecular complexity index is 249. The zero-order chi connectivity index (χ0) is 17.9. The van der Waals surface area contributed by atoms with E-state index >= 15 is 0 Å². The number of hydrogen-bond acceptors (Lipinski definition) is 7. The zero-order valence-corrected chi connectivity index (χ0v) is 16.8. The van der Waals surface area contributed by atoms with Crippen LogP contribution >= 0.6 is 0 Å². The molecule has 7 nitrogen and oxygen atoms in total. The highest BCUT2D eigenvalue weighted by Crippen LogP contribution is 2.01. The summed E-state index contributed by atoms with van der Waals surface area (Å²) in [5, 5.41) is 0. The second kappa shape index (κ2) is 17.8. The topological polar surface area (TPSA) is 64.6 Å². The Kier molecular flexibility index (Phi) is 17.7. The fourth-order valence-corrected chi connectivity index (χ4v) is 2.23. The summed E-state index contributed by atoms with van der Waals surface area (Å²) in [6.45, 7) is 13.6. The van der Waals surface area contributed by atoms with E-state index in [2.05, 4.69) is 19.6 Å². The van der Waals surface area contributed by atoms with Crippen molar-refractivity contribution in [3.05, 3.63) is 0 Å². The molecule has 0 saturated carbocycles. The molecule has 0 atom stereocenters. The molecule has 0 aromatic rings. The first-order chi connectivity index (χ1) is 11.6. The number of hydrogen-bond donors (Lipinski definition) is 0. The average molecular weight is 369 g/mol. The lowest BCUT2D eigenvalue weighted by molar-refractivity contribution is -0.0160. The number of rotatable bonds is 19. The zero-order valence-electron chi connectivity index (χ0n) is 15.8. The van der Waals surface area contributed by atoms with E-state index in [1.54, 1.807) is 7.11 Å². The summed E-state index contributed by atoms with van der Waals surface area (Å²) in [6, 6.07) is 0. The molecule has 8 heteroatoms. The van der Waals surface area contributed by atoms with Crippen LogP contribution < -0.4 is 0 Å². The van der Waals surface area contributed by atoms with Gasteiger partial charge in [0.1, 0.15) is 0 Å². The van der Waals surface area contributed by atoms with Crippen molar-refractivity contribution >= 4 is 8.32 Å². The summed E-state index contributed by atoms with van der Waals surface area (Å²) in [4.78, 5) is 0. The highest BCUT2D eigenvalue weighted by Gasteiger charge is 2.12. The Morgan fingerprint density at radius 3 is 1.04 bits per heavy atom. The van der Waals surface area contributed by atoms with Crippen LogP contribution in [0.15, 0.2) is 0 Å². The quantitative estimate of drug-likeness (QED) is 0.253. The summed E-state index contributed by atoms with van der Waals surface area (Å²) in [6.07, 6.45) is 0. The second-order valence-corrected chi connectivity index (χ2v) is 10.5. The third-order valence-corrected chi connectivity index (χ3v) is 3.75. The SMILES string of the molecule is COCCOCCOCCOCCOCCOCCO[Si](C)(C)C. The van der Waals surface area contributed by atoms with Gasteiger partial charge >= 0.3 is 0 Å². The molecule has 146 valence electrons. The van der Waals surface area contributed by atoms with E-state index in [-0.39, 0.29) is 0 Å². The van der Waals surface area contributed by atoms with Gasteiger partial charge in [-0.05, 0) is 19.6 Å². The maximum Gasteiger partial charge on any atom is 0.183 e. The molecule has 0 aromatic carbocycles. The van der Waals surface area contributed by atoms with Crippen LogP contribution in [0, 0.1) is 0 Å². The Morgan fingerprint density at radius 2 is 0.750 bits per heavy atom. The molecule has 0 radical (unpaired) electrons. The maximum atomic E-state index is 5.68. The van der Waals surface area contributed by atoms with Crippen LogP contribution in [0.4, 0.5) is 0 Å². The van der Waals surface area contributed by atoms with Crippen LogP contribution in [-0.4, -0.2) is 94.7 Å². The lowest BCUT2D eigenvalue weighted by Gasteiger charge is -2.16. The standard InChI is InChI=1S/C16H36O7Si/c1-17-5-6-18-7-8-19-9-10-20-11-12-21-13-14-22-15-16-23-24(2,3)4/h5-16H2,1-4H3. The molecule has 0 amide bonds. The summed E-state index contributed by atoms with van der Waals surface area (Å²) in [5.74, 6) is 0. The molecule has 0 spiro atoms. The Labute approximate surface area is 148 Å². The second-order valence-electron chi connectivity index (χ2n) is 6.02. The molecule has 0 aliphatic rings. The highest BCUT2D eigenvalue weighted by molar-refractivity contribution is 6.69. The molecule has 0 heterocycles. The van der Waals surface area contributed by atoms with Crippen LogP contribution in [0.25, 0.3) is 0 Å². The van der Waals surface area contributed by atoms with Gasteiger partial charge in [0.15, 0.2) is 8.32 Å². The number of ether oxygens (including phenoxy) is 6. The van der Waals surface area contributed by atoms with Gasteiger partial charge in [-0.3, -0.25) is 0 Å². The fourth-order valence-electron chi connectivity index (χ4n) is 1.53. The lowest BCUT2D eigenvalue weighted by atomic mass is 10.7. The lowest BCUT2D eigenvalue weighted by Crippen LogP contribution is -2.27. The van der Waals surface area contributed by atoms with Gasteiger partial charge < -0.3 is 32.8 Å². The summed E-state index contributed by atoms with van der Waals surface area (Å²) in [7, 11) is 0.233. The molecule has 0 saturated heterocycles. The van der Waals surface area contributed by atoms with Gasteiger partial charge in [-0.15, -0.1) is 0 Å². The maximum absolute atomic E-state index is 5.68. The van der Waals surface area contributed by atoms with Gasteiger partial charge in [0, 0.05) is 7.11 Å². The molecular weight excluding hydrogens is 332 g/mol. The fraction of sp³-hybridized carbons (Fsp3) is 1.00. The van der Waals surface area contributed by atoms with Crippen LogP contribution in [0.2, 0.25) is 19.6 Å². The Hall–Kier alpha value is -0.0631. The molecule has 24 heavy (non-hydrogen) atoms. The predicted octanol–water partition coefficient (Wildman–Crippen LogP) is 1.57. The van der Waals surface area contributed by atoms with Crippen molar-refractivity contribution in [3.8, 4) is 0 Å². The molecule has 0 unspecified atom stereocenters. The van der Waals surface area contributed by atoms with E-state index in [9.17, 15) is 0 Å². The highest BCUT2D eigenvalue weighted by atomic mass is 28.4. The molecule has 0 aliphatic carbocycles. The van der Waals surface area contributed by atoms with Crippen LogP contribution in [0.3, 0.4) is 0 Å². The van der Waals surface area contributed by atoms with Crippen molar-refractivity contribution < 1.29 is 32.8 Å². The van der Waals surface area contributed by atoms with Gasteiger partial charge in [-0.1, -0.05) is 0 Å². The molecule has 0 aliphatic heterocycles. The monoisotopic (exact) mass is 368 g/mol. The molecule has 0 rings (SSSR count). The van der Waals surface area contributed by atoms with E-state index in [4.69, 9.17) is 32.8 Å². The van der Waals surface area contributed by atoms with Crippen molar-refractivity contribution in [3.63, 3.8) is 0 Å². The normalized spacial score (nSPS) is 12.0. The minimum atomic E-state index is -1.42. The van der Waals surface area contributed by atoms with Crippen molar-refractivity contribution in [1.29, 1.82) is 0 Å². The van der Waals surface area contributed by atoms with Crippen molar-refractivity contribution in [2.75, 3.05) is 86.4 Å². The van der Waals surface area contributed by atoms with Crippen molar-refractivity contribution in [2.24, 2.45) is 0 Å². The molecule has 0 N–H and O–H groups in total. The first kappa shape index (κ1) is 23.9.